The lowest BCUT2D eigenvalue weighted by atomic mass is 10.1. The molecule has 0 N–H and O–H groups in total. The van der Waals surface area contributed by atoms with Crippen molar-refractivity contribution < 1.29 is 14.3 Å². The van der Waals surface area contributed by atoms with Gasteiger partial charge in [0.2, 0.25) is 5.91 Å². The average Bonchev–Trinajstić information content (AvgIpc) is 3.43. The van der Waals surface area contributed by atoms with Gasteiger partial charge in [-0.3, -0.25) is 14.4 Å². The maximum Gasteiger partial charge on any atom is 0.259 e. The lowest BCUT2D eigenvalue weighted by molar-refractivity contribution is -0.130. The van der Waals surface area contributed by atoms with E-state index in [4.69, 9.17) is 4.74 Å². The van der Waals surface area contributed by atoms with Crippen molar-refractivity contribution in [1.29, 1.82) is 0 Å². The van der Waals surface area contributed by atoms with Gasteiger partial charge < -0.3 is 19.1 Å². The third-order valence-electron chi connectivity index (χ3n) is 5.54. The van der Waals surface area contributed by atoms with Crippen LogP contribution in [0.4, 0.5) is 0 Å². The van der Waals surface area contributed by atoms with Crippen molar-refractivity contribution in [2.75, 3.05) is 27.2 Å². The third kappa shape index (κ3) is 4.61. The van der Waals surface area contributed by atoms with Crippen LogP contribution in [0, 0.1) is 0 Å². The quantitative estimate of drug-likeness (QED) is 0.550. The van der Waals surface area contributed by atoms with Gasteiger partial charge in [0.05, 0.1) is 24.7 Å². The number of ether oxygens (including phenoxy) is 1. The molecule has 0 unspecified atom stereocenters. The van der Waals surface area contributed by atoms with Gasteiger partial charge in [-0.2, -0.15) is 11.3 Å². The predicted molar refractivity (Wildman–Crippen MR) is 123 cm³/mol. The molecule has 1 aliphatic rings. The summed E-state index contributed by atoms with van der Waals surface area (Å²) in [6, 6.07) is 3.34. The van der Waals surface area contributed by atoms with Crippen LogP contribution in [0.25, 0.3) is 0 Å². The van der Waals surface area contributed by atoms with E-state index < -0.39 is 0 Å². The van der Waals surface area contributed by atoms with Gasteiger partial charge >= 0.3 is 0 Å². The van der Waals surface area contributed by atoms with Crippen molar-refractivity contribution in [3.63, 3.8) is 0 Å². The minimum Gasteiger partial charge on any atom is -0.496 e. The molecule has 1 aliphatic heterocycles. The molecule has 8 nitrogen and oxygen atoms in total. The third-order valence-corrected chi connectivity index (χ3v) is 6.91. The van der Waals surface area contributed by atoms with Crippen molar-refractivity contribution >= 4 is 34.5 Å². The standard InChI is InChI=1S/C22H24N4O4S2/c1-24(11-15-4-8-31-12-15)22(29)21-17-3-5-25(19(27)9-16-13-32-14-23-16)6-7-26(17)20(28)10-18(21)30-2/h4,8,10,12-14H,3,5-7,9,11H2,1-2H3. The lowest BCUT2D eigenvalue weighted by Gasteiger charge is -2.22. The summed E-state index contributed by atoms with van der Waals surface area (Å²) >= 11 is 3.03. The topological polar surface area (TPSA) is 84.7 Å². The second-order valence-corrected chi connectivity index (χ2v) is 9.10. The van der Waals surface area contributed by atoms with E-state index in [0.717, 1.165) is 11.3 Å². The first-order valence-corrected chi connectivity index (χ1v) is 12.1. The Morgan fingerprint density at radius 2 is 2.06 bits per heavy atom. The van der Waals surface area contributed by atoms with E-state index in [1.807, 2.05) is 22.2 Å². The van der Waals surface area contributed by atoms with Crippen molar-refractivity contribution in [3.8, 4) is 5.75 Å². The van der Waals surface area contributed by atoms with Crippen molar-refractivity contribution in [2.24, 2.45) is 0 Å². The molecule has 4 rings (SSSR count). The summed E-state index contributed by atoms with van der Waals surface area (Å²) in [7, 11) is 3.20. The Morgan fingerprint density at radius 3 is 2.75 bits per heavy atom. The van der Waals surface area contributed by atoms with Crippen LogP contribution in [0.15, 0.2) is 38.6 Å². The van der Waals surface area contributed by atoms with Gasteiger partial charge in [-0.15, -0.1) is 11.3 Å². The summed E-state index contributed by atoms with van der Waals surface area (Å²) in [4.78, 5) is 46.5. The molecule has 0 bridgehead atoms. The molecule has 0 aromatic carbocycles. The Bertz CT molecular complexity index is 1160. The number of fused-ring (bicyclic) bond motifs is 1. The SMILES string of the molecule is COc1cc(=O)n2c(c1C(=O)N(C)Cc1ccsc1)CCN(C(=O)Cc1cscn1)CC2. The second-order valence-electron chi connectivity index (χ2n) is 7.60. The maximum atomic E-state index is 13.4. The van der Waals surface area contributed by atoms with Crippen LogP contribution in [-0.4, -0.2) is 58.4 Å². The number of carbonyl (C=O) groups excluding carboxylic acids is 2. The van der Waals surface area contributed by atoms with E-state index in [0.29, 0.717) is 43.9 Å². The molecule has 0 saturated heterocycles. The molecular weight excluding hydrogens is 448 g/mol. The summed E-state index contributed by atoms with van der Waals surface area (Å²) in [5.41, 5.74) is 4.26. The van der Waals surface area contributed by atoms with E-state index in [2.05, 4.69) is 4.98 Å². The highest BCUT2D eigenvalue weighted by Gasteiger charge is 2.28. The molecule has 0 atom stereocenters. The van der Waals surface area contributed by atoms with Crippen molar-refractivity contribution in [1.82, 2.24) is 19.4 Å². The van der Waals surface area contributed by atoms with Gasteiger partial charge in [-0.25, -0.2) is 4.98 Å². The maximum absolute atomic E-state index is 13.4. The Morgan fingerprint density at radius 1 is 1.22 bits per heavy atom. The number of hydrogen-bond acceptors (Lipinski definition) is 7. The predicted octanol–water partition coefficient (Wildman–Crippen LogP) is 2.27. The number of pyridine rings is 1. The minimum absolute atomic E-state index is 0.0360. The highest BCUT2D eigenvalue weighted by Crippen LogP contribution is 2.25. The summed E-state index contributed by atoms with van der Waals surface area (Å²) < 4.78 is 7.04. The van der Waals surface area contributed by atoms with E-state index in [1.54, 1.807) is 38.3 Å². The zero-order chi connectivity index (χ0) is 22.7. The normalized spacial score (nSPS) is 13.4. The van der Waals surface area contributed by atoms with Crippen LogP contribution < -0.4 is 10.3 Å². The molecule has 4 heterocycles. The molecular formula is C22H24N4O4S2. The largest absolute Gasteiger partial charge is 0.496 e. The fourth-order valence-corrected chi connectivity index (χ4v) is 5.12. The molecule has 2 amide bonds. The zero-order valence-corrected chi connectivity index (χ0v) is 19.6. The van der Waals surface area contributed by atoms with Gasteiger partial charge in [0.25, 0.3) is 11.5 Å². The smallest absolute Gasteiger partial charge is 0.259 e. The number of aromatic nitrogens is 2. The van der Waals surface area contributed by atoms with Gasteiger partial charge in [-0.05, 0) is 22.4 Å². The van der Waals surface area contributed by atoms with Crippen LogP contribution in [0.5, 0.6) is 5.75 Å². The molecule has 3 aromatic rings. The number of rotatable bonds is 6. The number of thiazole rings is 1. The Hall–Kier alpha value is -2.98. The highest BCUT2D eigenvalue weighted by atomic mass is 32.1. The Kier molecular flexibility index (Phi) is 6.71. The molecule has 32 heavy (non-hydrogen) atoms. The first-order valence-electron chi connectivity index (χ1n) is 10.2. The van der Waals surface area contributed by atoms with Crippen LogP contribution in [-0.2, 0) is 30.7 Å². The number of nitrogens with zero attached hydrogens (tertiary/aromatic N) is 4. The molecule has 0 radical (unpaired) electrons. The first kappa shape index (κ1) is 22.2. The summed E-state index contributed by atoms with van der Waals surface area (Å²) in [6.45, 7) is 1.61. The highest BCUT2D eigenvalue weighted by molar-refractivity contribution is 7.08. The van der Waals surface area contributed by atoms with Crippen LogP contribution in [0.3, 0.4) is 0 Å². The molecule has 0 fully saturated rings. The van der Waals surface area contributed by atoms with Crippen molar-refractivity contribution in [3.05, 3.63) is 66.7 Å². The second kappa shape index (κ2) is 9.66. The number of methoxy groups -OCH3 is 1. The number of amides is 2. The van der Waals surface area contributed by atoms with Gasteiger partial charge in [0.15, 0.2) is 0 Å². The molecule has 3 aromatic heterocycles. The first-order chi connectivity index (χ1) is 15.5. The zero-order valence-electron chi connectivity index (χ0n) is 17.9. The van der Waals surface area contributed by atoms with E-state index in [1.165, 1.54) is 24.5 Å². The Labute approximate surface area is 193 Å². The van der Waals surface area contributed by atoms with Crippen LogP contribution in [0.1, 0.15) is 27.3 Å². The van der Waals surface area contributed by atoms with Gasteiger partial charge in [-0.1, -0.05) is 0 Å². The molecule has 168 valence electrons. The van der Waals surface area contributed by atoms with E-state index in [9.17, 15) is 14.4 Å². The average molecular weight is 473 g/mol. The Balaban J connectivity index is 1.61. The van der Waals surface area contributed by atoms with Gasteiger partial charge in [0.1, 0.15) is 11.3 Å². The van der Waals surface area contributed by atoms with E-state index in [-0.39, 0.29) is 29.5 Å². The molecule has 10 heteroatoms. The summed E-state index contributed by atoms with van der Waals surface area (Å²) in [5, 5.41) is 5.84. The monoisotopic (exact) mass is 472 g/mol. The number of carbonyl (C=O) groups is 2. The van der Waals surface area contributed by atoms with Gasteiger partial charge in [0, 0.05) is 56.8 Å². The van der Waals surface area contributed by atoms with Crippen LogP contribution >= 0.6 is 22.7 Å². The van der Waals surface area contributed by atoms with Crippen molar-refractivity contribution in [2.45, 2.75) is 25.9 Å². The van der Waals surface area contributed by atoms with Crippen LogP contribution in [0.2, 0.25) is 0 Å². The molecule has 0 aliphatic carbocycles. The molecule has 0 spiro atoms. The van der Waals surface area contributed by atoms with E-state index >= 15 is 0 Å². The molecule has 0 saturated carbocycles. The fourth-order valence-electron chi connectivity index (χ4n) is 3.90. The lowest BCUT2D eigenvalue weighted by Crippen LogP contribution is -2.35. The minimum atomic E-state index is -0.234. The summed E-state index contributed by atoms with van der Waals surface area (Å²) in [5.74, 6) is 0.0240. The summed E-state index contributed by atoms with van der Waals surface area (Å²) in [6.07, 6.45) is 0.621. The fraction of sp³-hybridized carbons (Fsp3) is 0.364. The number of hydrogen-bond donors (Lipinski definition) is 0. The number of thiophene rings is 1.